The highest BCUT2D eigenvalue weighted by Gasteiger charge is 2.34. The molecule has 0 aromatic heterocycles. The maximum Gasteiger partial charge on any atom is 0.323 e. The molecule has 0 aromatic rings. The highest BCUT2D eigenvalue weighted by Crippen LogP contribution is 2.24. The summed E-state index contributed by atoms with van der Waals surface area (Å²) in [5.41, 5.74) is 0. The summed E-state index contributed by atoms with van der Waals surface area (Å²) in [4.78, 5) is 22.1. The van der Waals surface area contributed by atoms with E-state index in [1.54, 1.807) is 13.8 Å². The zero-order chi connectivity index (χ0) is 10.5. The van der Waals surface area contributed by atoms with Crippen LogP contribution in [-0.2, 0) is 19.1 Å². The van der Waals surface area contributed by atoms with Crippen LogP contribution in [0, 0.1) is 0 Å². The molecule has 0 N–H and O–H groups in total. The number of hydrogen-bond acceptors (Lipinski definition) is 4. The first-order valence-corrected chi connectivity index (χ1v) is 4.66. The largest absolute Gasteiger partial charge is 0.469 e. The number of halogens is 1. The van der Waals surface area contributed by atoms with Crippen molar-refractivity contribution in [2.45, 2.75) is 24.6 Å². The smallest absolute Gasteiger partial charge is 0.323 e. The summed E-state index contributed by atoms with van der Waals surface area (Å²) in [7, 11) is 1.27. The van der Waals surface area contributed by atoms with E-state index in [-0.39, 0.29) is 6.42 Å². The number of hydrogen-bond donors (Lipinski definition) is 0. The molecule has 0 saturated heterocycles. The summed E-state index contributed by atoms with van der Waals surface area (Å²) in [6.07, 6.45) is -0.0394. The zero-order valence-corrected chi connectivity index (χ0v) is 9.51. The quantitative estimate of drug-likeness (QED) is 0.559. The second kappa shape index (κ2) is 5.21. The molecule has 76 valence electrons. The Kier molecular flexibility index (Phi) is 4.98. The fourth-order valence-corrected chi connectivity index (χ4v) is 1.04. The van der Waals surface area contributed by atoms with Gasteiger partial charge in [0.25, 0.3) is 0 Å². The first-order chi connectivity index (χ1) is 5.94. The molecular formula is C8H13BrO4. The van der Waals surface area contributed by atoms with Gasteiger partial charge in [0.1, 0.15) is 4.32 Å². The first kappa shape index (κ1) is 12.4. The third kappa shape index (κ3) is 4.26. The number of rotatable bonds is 4. The number of alkyl halides is 1. The van der Waals surface area contributed by atoms with Crippen molar-refractivity contribution in [3.63, 3.8) is 0 Å². The van der Waals surface area contributed by atoms with Gasteiger partial charge in [0, 0.05) is 0 Å². The van der Waals surface area contributed by atoms with Crippen molar-refractivity contribution in [1.82, 2.24) is 0 Å². The van der Waals surface area contributed by atoms with Crippen LogP contribution < -0.4 is 0 Å². The molecule has 0 saturated carbocycles. The molecule has 0 radical (unpaired) electrons. The number of carbonyl (C=O) groups is 2. The van der Waals surface area contributed by atoms with E-state index in [1.807, 2.05) is 0 Å². The van der Waals surface area contributed by atoms with E-state index < -0.39 is 16.3 Å². The molecule has 1 unspecified atom stereocenters. The van der Waals surface area contributed by atoms with E-state index in [0.29, 0.717) is 6.61 Å². The summed E-state index contributed by atoms with van der Waals surface area (Å²) in [6, 6.07) is 0. The summed E-state index contributed by atoms with van der Waals surface area (Å²) in [5.74, 6) is -0.909. The van der Waals surface area contributed by atoms with Crippen LogP contribution in [0.15, 0.2) is 0 Å². The van der Waals surface area contributed by atoms with Gasteiger partial charge in [-0.05, 0) is 13.8 Å². The number of methoxy groups -OCH3 is 1. The predicted octanol–water partition coefficient (Wildman–Crippen LogP) is 1.27. The molecule has 13 heavy (non-hydrogen) atoms. The van der Waals surface area contributed by atoms with Crippen LogP contribution in [0.5, 0.6) is 0 Å². The Labute approximate surface area is 85.7 Å². The lowest BCUT2D eigenvalue weighted by atomic mass is 10.1. The van der Waals surface area contributed by atoms with Gasteiger partial charge in [-0.25, -0.2) is 0 Å². The third-order valence-electron chi connectivity index (χ3n) is 1.41. The van der Waals surface area contributed by atoms with Gasteiger partial charge < -0.3 is 9.47 Å². The van der Waals surface area contributed by atoms with Gasteiger partial charge in [-0.2, -0.15) is 0 Å². The van der Waals surface area contributed by atoms with Crippen molar-refractivity contribution in [1.29, 1.82) is 0 Å². The summed E-state index contributed by atoms with van der Waals surface area (Å²) in [5, 5.41) is 0. The van der Waals surface area contributed by atoms with Gasteiger partial charge in [-0.15, -0.1) is 0 Å². The van der Waals surface area contributed by atoms with E-state index in [9.17, 15) is 9.59 Å². The third-order valence-corrected chi connectivity index (χ3v) is 2.01. The maximum atomic E-state index is 11.2. The van der Waals surface area contributed by atoms with Gasteiger partial charge in [0.2, 0.25) is 0 Å². The minimum Gasteiger partial charge on any atom is -0.469 e. The Morgan fingerprint density at radius 1 is 1.46 bits per heavy atom. The van der Waals surface area contributed by atoms with E-state index in [1.165, 1.54) is 7.11 Å². The van der Waals surface area contributed by atoms with Gasteiger partial charge in [-0.3, -0.25) is 9.59 Å². The lowest BCUT2D eigenvalue weighted by Gasteiger charge is -2.18. The molecule has 0 aliphatic rings. The zero-order valence-electron chi connectivity index (χ0n) is 7.93. The summed E-state index contributed by atoms with van der Waals surface area (Å²) < 4.78 is 8.21. The number of ether oxygens (including phenoxy) is 2. The molecule has 5 heteroatoms. The van der Waals surface area contributed by atoms with Crippen LogP contribution in [0.3, 0.4) is 0 Å². The lowest BCUT2D eigenvalue weighted by Crippen LogP contribution is -2.33. The molecular weight excluding hydrogens is 240 g/mol. The summed E-state index contributed by atoms with van der Waals surface area (Å²) in [6.45, 7) is 3.57. The number of carbonyl (C=O) groups excluding carboxylic acids is 2. The van der Waals surface area contributed by atoms with Crippen LogP contribution in [-0.4, -0.2) is 30.0 Å². The predicted molar refractivity (Wildman–Crippen MR) is 50.6 cm³/mol. The Hall–Kier alpha value is -0.580. The Balaban J connectivity index is 4.21. The standard InChI is InChI=1S/C8H13BrO4/c1-4-13-7(11)8(2,9)5-6(10)12-3/h4-5H2,1-3H3. The van der Waals surface area contributed by atoms with Crippen molar-refractivity contribution in [3.8, 4) is 0 Å². The van der Waals surface area contributed by atoms with E-state index in [2.05, 4.69) is 20.7 Å². The van der Waals surface area contributed by atoms with E-state index in [4.69, 9.17) is 4.74 Å². The molecule has 0 amide bonds. The molecule has 0 spiro atoms. The molecule has 0 aliphatic heterocycles. The molecule has 0 aromatic carbocycles. The second-order valence-corrected chi connectivity index (χ2v) is 4.42. The fourth-order valence-electron chi connectivity index (χ4n) is 0.697. The monoisotopic (exact) mass is 252 g/mol. The van der Waals surface area contributed by atoms with Crippen LogP contribution in [0.4, 0.5) is 0 Å². The van der Waals surface area contributed by atoms with E-state index >= 15 is 0 Å². The number of esters is 2. The van der Waals surface area contributed by atoms with Crippen molar-refractivity contribution in [2.75, 3.05) is 13.7 Å². The average molecular weight is 253 g/mol. The molecule has 0 bridgehead atoms. The normalized spacial score (nSPS) is 14.5. The highest BCUT2D eigenvalue weighted by atomic mass is 79.9. The van der Waals surface area contributed by atoms with Crippen LogP contribution in [0.25, 0.3) is 0 Å². The van der Waals surface area contributed by atoms with Crippen molar-refractivity contribution in [3.05, 3.63) is 0 Å². The molecule has 0 fully saturated rings. The Bertz CT molecular complexity index is 200. The average Bonchev–Trinajstić information content (AvgIpc) is 2.04. The van der Waals surface area contributed by atoms with Crippen LogP contribution in [0.2, 0.25) is 0 Å². The molecule has 0 heterocycles. The molecule has 1 atom stereocenters. The second-order valence-electron chi connectivity index (χ2n) is 2.67. The first-order valence-electron chi connectivity index (χ1n) is 3.87. The molecule has 0 rings (SSSR count). The fraction of sp³-hybridized carbons (Fsp3) is 0.750. The maximum absolute atomic E-state index is 11.2. The van der Waals surface area contributed by atoms with Crippen molar-refractivity contribution >= 4 is 27.9 Å². The Morgan fingerprint density at radius 3 is 2.38 bits per heavy atom. The minimum absolute atomic E-state index is 0.0394. The van der Waals surface area contributed by atoms with Gasteiger partial charge >= 0.3 is 11.9 Å². The van der Waals surface area contributed by atoms with E-state index in [0.717, 1.165) is 0 Å². The molecule has 0 aliphatic carbocycles. The summed E-state index contributed by atoms with van der Waals surface area (Å²) >= 11 is 3.11. The van der Waals surface area contributed by atoms with Gasteiger partial charge in [0.15, 0.2) is 0 Å². The van der Waals surface area contributed by atoms with Crippen LogP contribution in [0.1, 0.15) is 20.3 Å². The van der Waals surface area contributed by atoms with Gasteiger partial charge in [-0.1, -0.05) is 15.9 Å². The topological polar surface area (TPSA) is 52.6 Å². The van der Waals surface area contributed by atoms with Crippen molar-refractivity contribution in [2.24, 2.45) is 0 Å². The highest BCUT2D eigenvalue weighted by molar-refractivity contribution is 9.10. The molecule has 4 nitrogen and oxygen atoms in total. The SMILES string of the molecule is CCOC(=O)C(C)(Br)CC(=O)OC. The van der Waals surface area contributed by atoms with Gasteiger partial charge in [0.05, 0.1) is 20.1 Å². The minimum atomic E-state index is -0.990. The van der Waals surface area contributed by atoms with Crippen LogP contribution >= 0.6 is 15.9 Å². The lowest BCUT2D eigenvalue weighted by molar-refractivity contribution is -0.150. The Morgan fingerprint density at radius 2 is 2.00 bits per heavy atom. The van der Waals surface area contributed by atoms with Crippen molar-refractivity contribution < 1.29 is 19.1 Å².